The van der Waals surface area contributed by atoms with Gasteiger partial charge in [0.15, 0.2) is 6.10 Å². The quantitative estimate of drug-likeness (QED) is 0.0211. The highest BCUT2D eigenvalue weighted by atomic mass is 31.2. The van der Waals surface area contributed by atoms with Crippen LogP contribution < -0.4 is 0 Å². The van der Waals surface area contributed by atoms with E-state index in [9.17, 15) is 19.0 Å². The van der Waals surface area contributed by atoms with E-state index in [0.29, 0.717) is 17.4 Å². The van der Waals surface area contributed by atoms with E-state index in [1.807, 2.05) is 21.1 Å². The summed E-state index contributed by atoms with van der Waals surface area (Å²) in [6.45, 7) is 4.30. The summed E-state index contributed by atoms with van der Waals surface area (Å²) in [5.41, 5.74) is 0. The van der Waals surface area contributed by atoms with E-state index < -0.39 is 26.5 Å². The minimum atomic E-state index is -4.40. The Morgan fingerprint density at radius 1 is 0.381 bits per heavy atom. The number of hydrogen-bond donors (Lipinski definition) is 1. The first-order valence-corrected chi connectivity index (χ1v) is 36.1. The maximum absolute atomic E-state index is 12.9. The Kier molecular flexibility index (Phi) is 61.6. The minimum Gasteiger partial charge on any atom is -0.462 e. The molecule has 0 aromatic rings. The van der Waals surface area contributed by atoms with Crippen LogP contribution in [0.1, 0.15) is 296 Å². The van der Waals surface area contributed by atoms with Gasteiger partial charge in [-0.3, -0.25) is 18.6 Å². The zero-order chi connectivity index (χ0) is 61.2. The van der Waals surface area contributed by atoms with Gasteiger partial charge in [-0.25, -0.2) is 4.57 Å². The molecule has 484 valence electrons. The summed E-state index contributed by atoms with van der Waals surface area (Å²) < 4.78 is 34.7. The molecule has 0 bridgehead atoms. The molecule has 0 rings (SSSR count). The highest BCUT2D eigenvalue weighted by Crippen LogP contribution is 2.43. The van der Waals surface area contributed by atoms with E-state index in [-0.39, 0.29) is 32.0 Å². The number of ether oxygens (including phenoxy) is 2. The predicted molar refractivity (Wildman–Crippen MR) is 362 cm³/mol. The van der Waals surface area contributed by atoms with Crippen molar-refractivity contribution < 1.29 is 42.1 Å². The number of nitrogens with zero attached hydrogens (tertiary/aromatic N) is 1. The van der Waals surface area contributed by atoms with E-state index in [2.05, 4.69) is 123 Å². The van der Waals surface area contributed by atoms with E-state index in [1.165, 1.54) is 167 Å². The lowest BCUT2D eigenvalue weighted by atomic mass is 10.0. The van der Waals surface area contributed by atoms with Gasteiger partial charge in [-0.15, -0.1) is 0 Å². The molecule has 1 N–H and O–H groups in total. The van der Waals surface area contributed by atoms with Crippen molar-refractivity contribution in [1.29, 1.82) is 0 Å². The summed E-state index contributed by atoms with van der Waals surface area (Å²) in [4.78, 5) is 35.8. The molecule has 9 nitrogen and oxygen atoms in total. The lowest BCUT2D eigenvalue weighted by molar-refractivity contribution is -0.870. The number of esters is 2. The molecule has 10 heteroatoms. The zero-order valence-electron chi connectivity index (χ0n) is 55.1. The molecule has 0 amide bonds. The van der Waals surface area contributed by atoms with Crippen LogP contribution in [0.25, 0.3) is 0 Å². The lowest BCUT2D eigenvalue weighted by Gasteiger charge is -2.24. The second-order valence-electron chi connectivity index (χ2n) is 24.2. The normalized spacial score (nSPS) is 13.8. The molecule has 0 spiro atoms. The van der Waals surface area contributed by atoms with Crippen LogP contribution in [-0.2, 0) is 32.7 Å². The van der Waals surface area contributed by atoms with Gasteiger partial charge in [0.2, 0.25) is 0 Å². The molecule has 0 saturated heterocycles. The number of quaternary nitrogens is 1. The van der Waals surface area contributed by atoms with Crippen LogP contribution in [-0.4, -0.2) is 74.9 Å². The van der Waals surface area contributed by atoms with Gasteiger partial charge in [0.25, 0.3) is 0 Å². The average molecular weight is 1190 g/mol. The molecule has 0 saturated carbocycles. The lowest BCUT2D eigenvalue weighted by Crippen LogP contribution is -2.37. The molecule has 0 aromatic carbocycles. The molecule has 84 heavy (non-hydrogen) atoms. The van der Waals surface area contributed by atoms with Gasteiger partial charge in [-0.2, -0.15) is 0 Å². The van der Waals surface area contributed by atoms with Gasteiger partial charge in [0.1, 0.15) is 19.8 Å². The van der Waals surface area contributed by atoms with Gasteiger partial charge >= 0.3 is 19.8 Å². The average Bonchev–Trinajstić information content (AvgIpc) is 3.61. The Bertz CT molecular complexity index is 1790. The molecule has 0 aliphatic rings. The number of rotatable bonds is 63. The molecule has 0 heterocycles. The zero-order valence-corrected chi connectivity index (χ0v) is 56.0. The van der Waals surface area contributed by atoms with Gasteiger partial charge < -0.3 is 18.9 Å². The summed E-state index contributed by atoms with van der Waals surface area (Å²) >= 11 is 0. The summed E-state index contributed by atoms with van der Waals surface area (Å²) in [5, 5.41) is 0. The summed E-state index contributed by atoms with van der Waals surface area (Å²) in [7, 11) is 1.47. The third-order valence-electron chi connectivity index (χ3n) is 14.8. The molecular formula is C74H131NO8P+. The third-order valence-corrected chi connectivity index (χ3v) is 15.8. The Morgan fingerprint density at radius 3 is 1.01 bits per heavy atom. The maximum Gasteiger partial charge on any atom is 0.472 e. The monoisotopic (exact) mass is 1190 g/mol. The Balaban J connectivity index is 3.96. The van der Waals surface area contributed by atoms with Crippen LogP contribution in [0.4, 0.5) is 0 Å². The van der Waals surface area contributed by atoms with Gasteiger partial charge in [-0.1, -0.05) is 290 Å². The number of unbranched alkanes of at least 4 members (excludes halogenated alkanes) is 31. The standard InChI is InChI=1S/C74H130NO8P/c1-6-8-10-12-14-16-18-20-22-24-26-27-28-29-30-31-32-33-34-35-36-37-38-39-40-41-42-43-44-45-46-47-49-51-53-55-57-59-61-63-65-67-74(77)83-72(71-82-84(78,79)81-69-68-75(3,4)5)70-80-73(76)66-64-62-60-58-56-54-52-50-48-25-23-21-19-17-15-13-11-9-7-2/h8,10,14-17,20-23,26-27,29-30,32-33,48,50,72H,6-7,9,11-13,18-19,24-25,28,31,34-47,49,51-71H2,1-5H3/p+1/b10-8-,16-14-,17-15-,22-20-,23-21-,27-26-,30-29-,33-32-,50-48-. The van der Waals surface area contributed by atoms with Gasteiger partial charge in [0, 0.05) is 12.8 Å². The molecule has 0 fully saturated rings. The molecule has 2 atom stereocenters. The minimum absolute atomic E-state index is 0.0272. The number of likely N-dealkylation sites (N-methyl/N-ethyl adjacent to an activating group) is 1. The molecular weight excluding hydrogens is 1060 g/mol. The summed E-state index contributed by atoms with van der Waals surface area (Å²) in [5.74, 6) is -0.805. The fourth-order valence-electron chi connectivity index (χ4n) is 9.50. The first-order valence-electron chi connectivity index (χ1n) is 34.6. The number of hydrogen-bond acceptors (Lipinski definition) is 7. The predicted octanol–water partition coefficient (Wildman–Crippen LogP) is 22.5. The fraction of sp³-hybridized carbons (Fsp3) is 0.730. The molecule has 0 radical (unpaired) electrons. The molecule has 2 unspecified atom stereocenters. The second-order valence-corrected chi connectivity index (χ2v) is 25.6. The highest BCUT2D eigenvalue weighted by Gasteiger charge is 2.27. The van der Waals surface area contributed by atoms with Crippen molar-refractivity contribution in [1.82, 2.24) is 0 Å². The van der Waals surface area contributed by atoms with Gasteiger partial charge in [0.05, 0.1) is 27.7 Å². The van der Waals surface area contributed by atoms with E-state index in [0.717, 1.165) is 96.3 Å². The maximum atomic E-state index is 12.9. The van der Waals surface area contributed by atoms with Crippen molar-refractivity contribution in [2.24, 2.45) is 0 Å². The molecule has 0 aliphatic carbocycles. The van der Waals surface area contributed by atoms with Crippen molar-refractivity contribution in [3.8, 4) is 0 Å². The van der Waals surface area contributed by atoms with Gasteiger partial charge in [-0.05, 0) is 103 Å². The van der Waals surface area contributed by atoms with Crippen LogP contribution in [0.2, 0.25) is 0 Å². The van der Waals surface area contributed by atoms with Crippen molar-refractivity contribution in [3.05, 3.63) is 109 Å². The van der Waals surface area contributed by atoms with Crippen molar-refractivity contribution in [2.75, 3.05) is 47.5 Å². The number of allylic oxidation sites excluding steroid dienone is 18. The molecule has 0 aliphatic heterocycles. The third kappa shape index (κ3) is 67.8. The highest BCUT2D eigenvalue weighted by molar-refractivity contribution is 7.47. The number of phosphoric acid groups is 1. The van der Waals surface area contributed by atoms with E-state index in [4.69, 9.17) is 18.5 Å². The summed E-state index contributed by atoms with van der Waals surface area (Å²) in [6, 6.07) is 0. The largest absolute Gasteiger partial charge is 0.472 e. The van der Waals surface area contributed by atoms with Crippen molar-refractivity contribution in [2.45, 2.75) is 302 Å². The van der Waals surface area contributed by atoms with Crippen LogP contribution in [0.3, 0.4) is 0 Å². The number of phosphoric ester groups is 1. The van der Waals surface area contributed by atoms with E-state index in [1.54, 1.807) is 0 Å². The fourth-order valence-corrected chi connectivity index (χ4v) is 10.2. The van der Waals surface area contributed by atoms with Crippen molar-refractivity contribution in [3.63, 3.8) is 0 Å². The first-order chi connectivity index (χ1) is 41.0. The Hall–Kier alpha value is -3.33. The second kappa shape index (κ2) is 64.2. The number of carbonyl (C=O) groups excluding carboxylic acids is 2. The summed E-state index contributed by atoms with van der Waals surface area (Å²) in [6.07, 6.45) is 90.6. The van der Waals surface area contributed by atoms with Crippen LogP contribution in [0, 0.1) is 0 Å². The Morgan fingerprint density at radius 2 is 0.679 bits per heavy atom. The van der Waals surface area contributed by atoms with Crippen LogP contribution in [0.15, 0.2) is 109 Å². The van der Waals surface area contributed by atoms with Crippen LogP contribution in [0.5, 0.6) is 0 Å². The number of carbonyl (C=O) groups is 2. The topological polar surface area (TPSA) is 108 Å². The molecule has 0 aromatic heterocycles. The van der Waals surface area contributed by atoms with Crippen molar-refractivity contribution >= 4 is 19.8 Å². The Labute approximate surface area is 518 Å². The smallest absolute Gasteiger partial charge is 0.462 e. The van der Waals surface area contributed by atoms with E-state index >= 15 is 0 Å². The van der Waals surface area contributed by atoms with Crippen LogP contribution >= 0.6 is 7.82 Å². The first kappa shape index (κ1) is 80.7. The SMILES string of the molecule is CC/C=C\C/C=C\C/C=C\C/C=C\C/C=C\C/C=C\CCCCCCCCCCCCCCCCCCCCCCCCC(=O)OC(COC(=O)CCCCCCCC/C=C\C/C=C\C/C=C\CCCCC)COP(=O)(O)OCC[N+](C)(C)C.